The van der Waals surface area contributed by atoms with Gasteiger partial charge in [-0.25, -0.2) is 0 Å². The minimum atomic E-state index is -0.0569. The summed E-state index contributed by atoms with van der Waals surface area (Å²) in [5.74, 6) is 0.351. The molecule has 0 radical (unpaired) electrons. The van der Waals surface area contributed by atoms with Gasteiger partial charge in [0, 0.05) is 29.6 Å². The normalized spacial score (nSPS) is 16.7. The van der Waals surface area contributed by atoms with E-state index in [-0.39, 0.29) is 5.91 Å². The van der Waals surface area contributed by atoms with Crippen molar-refractivity contribution in [3.05, 3.63) is 72.1 Å². The molecule has 1 aromatic heterocycles. The molecule has 0 aliphatic carbocycles. The standard InChI is InChI=1S/C20H20N4O/c25-20(19-4-2-1-3-18(19)15-9-10-21-11-15)24-17-7-5-14(6-8-17)16-12-22-23-13-16/h1-8,12-13,15,21H,9-11H2,(H,22,23)(H,24,25). The fourth-order valence-electron chi connectivity index (χ4n) is 3.33. The van der Waals surface area contributed by atoms with Gasteiger partial charge in [0.05, 0.1) is 6.20 Å². The van der Waals surface area contributed by atoms with Crippen LogP contribution in [0.5, 0.6) is 0 Å². The lowest BCUT2D eigenvalue weighted by atomic mass is 9.93. The van der Waals surface area contributed by atoms with Crippen LogP contribution in [0, 0.1) is 0 Å². The monoisotopic (exact) mass is 332 g/mol. The Bertz CT molecular complexity index is 850. The third kappa shape index (κ3) is 3.32. The summed E-state index contributed by atoms with van der Waals surface area (Å²) in [6, 6.07) is 15.7. The summed E-state index contributed by atoms with van der Waals surface area (Å²) in [6.07, 6.45) is 4.70. The van der Waals surface area contributed by atoms with Gasteiger partial charge >= 0.3 is 0 Å². The maximum Gasteiger partial charge on any atom is 0.255 e. The second-order valence-electron chi connectivity index (χ2n) is 6.30. The van der Waals surface area contributed by atoms with Crippen molar-refractivity contribution >= 4 is 11.6 Å². The number of amides is 1. The molecule has 2 aromatic carbocycles. The number of aromatic nitrogens is 2. The molecule has 0 saturated carbocycles. The molecule has 0 bridgehead atoms. The van der Waals surface area contributed by atoms with Gasteiger partial charge in [-0.1, -0.05) is 30.3 Å². The second-order valence-corrected chi connectivity index (χ2v) is 6.30. The fourth-order valence-corrected chi connectivity index (χ4v) is 3.33. The second kappa shape index (κ2) is 6.91. The van der Waals surface area contributed by atoms with Gasteiger partial charge in [-0.2, -0.15) is 5.10 Å². The number of rotatable bonds is 4. The molecule has 126 valence electrons. The smallest absolute Gasteiger partial charge is 0.255 e. The van der Waals surface area contributed by atoms with Crippen LogP contribution < -0.4 is 10.6 Å². The molecule has 5 nitrogen and oxygen atoms in total. The van der Waals surface area contributed by atoms with Gasteiger partial charge in [-0.15, -0.1) is 0 Å². The zero-order chi connectivity index (χ0) is 17.1. The van der Waals surface area contributed by atoms with E-state index in [1.54, 1.807) is 6.20 Å². The molecule has 1 saturated heterocycles. The molecule has 2 heterocycles. The SMILES string of the molecule is O=C(Nc1ccc(-c2cn[nH]c2)cc1)c1ccccc1C1CCNC1. The number of hydrogen-bond donors (Lipinski definition) is 3. The highest BCUT2D eigenvalue weighted by Crippen LogP contribution is 2.26. The van der Waals surface area contributed by atoms with Gasteiger partial charge in [0.1, 0.15) is 0 Å². The highest BCUT2D eigenvalue weighted by molar-refractivity contribution is 6.05. The van der Waals surface area contributed by atoms with Crippen LogP contribution >= 0.6 is 0 Å². The summed E-state index contributed by atoms with van der Waals surface area (Å²) in [5, 5.41) is 13.1. The summed E-state index contributed by atoms with van der Waals surface area (Å²) in [4.78, 5) is 12.8. The molecular weight excluding hydrogens is 312 g/mol. The first-order valence-corrected chi connectivity index (χ1v) is 8.51. The molecule has 1 aliphatic rings. The average molecular weight is 332 g/mol. The number of hydrogen-bond acceptors (Lipinski definition) is 3. The highest BCUT2D eigenvalue weighted by atomic mass is 16.1. The maximum atomic E-state index is 12.8. The van der Waals surface area contributed by atoms with Crippen molar-refractivity contribution in [3.63, 3.8) is 0 Å². The molecule has 4 rings (SSSR count). The van der Waals surface area contributed by atoms with E-state index in [9.17, 15) is 4.79 Å². The lowest BCUT2D eigenvalue weighted by Crippen LogP contribution is -2.17. The van der Waals surface area contributed by atoms with Crippen molar-refractivity contribution in [1.29, 1.82) is 0 Å². The predicted octanol–water partition coefficient (Wildman–Crippen LogP) is 3.41. The third-order valence-corrected chi connectivity index (χ3v) is 4.68. The summed E-state index contributed by atoms with van der Waals surface area (Å²) >= 11 is 0. The number of carbonyl (C=O) groups is 1. The molecule has 5 heteroatoms. The first-order valence-electron chi connectivity index (χ1n) is 8.51. The molecular formula is C20H20N4O. The largest absolute Gasteiger partial charge is 0.322 e. The van der Waals surface area contributed by atoms with Crippen LogP contribution in [0.25, 0.3) is 11.1 Å². The topological polar surface area (TPSA) is 69.8 Å². The van der Waals surface area contributed by atoms with Crippen molar-refractivity contribution in [2.45, 2.75) is 12.3 Å². The average Bonchev–Trinajstić information content (AvgIpc) is 3.36. The quantitative estimate of drug-likeness (QED) is 0.686. The molecule has 25 heavy (non-hydrogen) atoms. The maximum absolute atomic E-state index is 12.8. The zero-order valence-electron chi connectivity index (χ0n) is 13.8. The van der Waals surface area contributed by atoms with Crippen LogP contribution in [0.1, 0.15) is 28.3 Å². The van der Waals surface area contributed by atoms with E-state index < -0.39 is 0 Å². The number of benzene rings is 2. The Morgan fingerprint density at radius 1 is 1.08 bits per heavy atom. The number of nitrogens with one attached hydrogen (secondary N) is 3. The summed E-state index contributed by atoms with van der Waals surface area (Å²) in [5.41, 5.74) is 4.76. The first kappa shape index (κ1) is 15.6. The summed E-state index contributed by atoms with van der Waals surface area (Å²) < 4.78 is 0. The van der Waals surface area contributed by atoms with Crippen molar-refractivity contribution in [1.82, 2.24) is 15.5 Å². The van der Waals surface area contributed by atoms with Gasteiger partial charge < -0.3 is 10.6 Å². The summed E-state index contributed by atoms with van der Waals surface area (Å²) in [7, 11) is 0. The molecule has 1 amide bonds. The van der Waals surface area contributed by atoms with E-state index in [1.165, 1.54) is 0 Å². The predicted molar refractivity (Wildman–Crippen MR) is 98.6 cm³/mol. The van der Waals surface area contributed by atoms with Crippen LogP contribution in [0.15, 0.2) is 60.9 Å². The number of carbonyl (C=O) groups excluding carboxylic acids is 1. The third-order valence-electron chi connectivity index (χ3n) is 4.68. The van der Waals surface area contributed by atoms with E-state index in [2.05, 4.69) is 26.9 Å². The fraction of sp³-hybridized carbons (Fsp3) is 0.200. The van der Waals surface area contributed by atoms with Crippen LogP contribution in [0.4, 0.5) is 5.69 Å². The van der Waals surface area contributed by atoms with E-state index >= 15 is 0 Å². The van der Waals surface area contributed by atoms with Crippen molar-refractivity contribution in [2.24, 2.45) is 0 Å². The Hall–Kier alpha value is -2.92. The van der Waals surface area contributed by atoms with Crippen molar-refractivity contribution < 1.29 is 4.79 Å². The van der Waals surface area contributed by atoms with Crippen LogP contribution in [0.2, 0.25) is 0 Å². The lowest BCUT2D eigenvalue weighted by molar-refractivity contribution is 0.102. The zero-order valence-corrected chi connectivity index (χ0v) is 13.8. The number of nitrogens with zero attached hydrogens (tertiary/aromatic N) is 1. The Balaban J connectivity index is 1.52. The Morgan fingerprint density at radius 2 is 1.92 bits per heavy atom. The lowest BCUT2D eigenvalue weighted by Gasteiger charge is -2.14. The minimum Gasteiger partial charge on any atom is -0.322 e. The molecule has 1 aliphatic heterocycles. The number of H-pyrrole nitrogens is 1. The summed E-state index contributed by atoms with van der Waals surface area (Å²) in [6.45, 7) is 1.94. The van der Waals surface area contributed by atoms with Crippen molar-refractivity contribution in [3.8, 4) is 11.1 Å². The van der Waals surface area contributed by atoms with Gasteiger partial charge in [-0.05, 0) is 48.2 Å². The molecule has 0 spiro atoms. The molecule has 1 atom stereocenters. The van der Waals surface area contributed by atoms with E-state index in [0.29, 0.717) is 5.92 Å². The van der Waals surface area contributed by atoms with Gasteiger partial charge in [-0.3, -0.25) is 9.89 Å². The Kier molecular flexibility index (Phi) is 4.31. The molecule has 1 unspecified atom stereocenters. The highest BCUT2D eigenvalue weighted by Gasteiger charge is 2.22. The Morgan fingerprint density at radius 3 is 2.64 bits per heavy atom. The van der Waals surface area contributed by atoms with E-state index in [0.717, 1.165) is 47.5 Å². The molecule has 3 aromatic rings. The van der Waals surface area contributed by atoms with E-state index in [4.69, 9.17) is 0 Å². The van der Waals surface area contributed by atoms with Crippen LogP contribution in [-0.4, -0.2) is 29.2 Å². The van der Waals surface area contributed by atoms with E-state index in [1.807, 2.05) is 48.7 Å². The Labute approximate surface area is 146 Å². The van der Waals surface area contributed by atoms with Gasteiger partial charge in [0.25, 0.3) is 5.91 Å². The first-order chi connectivity index (χ1) is 12.3. The molecule has 1 fully saturated rings. The number of aromatic amines is 1. The van der Waals surface area contributed by atoms with Gasteiger partial charge in [0.2, 0.25) is 0 Å². The number of anilines is 1. The minimum absolute atomic E-state index is 0.0569. The van der Waals surface area contributed by atoms with Crippen LogP contribution in [0.3, 0.4) is 0 Å². The van der Waals surface area contributed by atoms with Gasteiger partial charge in [0.15, 0.2) is 0 Å². The molecule has 3 N–H and O–H groups in total. The van der Waals surface area contributed by atoms with Crippen LogP contribution in [-0.2, 0) is 0 Å². The van der Waals surface area contributed by atoms with Crippen molar-refractivity contribution in [2.75, 3.05) is 18.4 Å².